The van der Waals surface area contributed by atoms with Crippen LogP contribution in [0.25, 0.3) is 6.08 Å². The van der Waals surface area contributed by atoms with E-state index in [2.05, 4.69) is 5.32 Å². The molecule has 1 aromatic heterocycles. The fraction of sp³-hybridized carbons (Fsp3) is 0.132. The van der Waals surface area contributed by atoms with Crippen molar-refractivity contribution in [1.82, 2.24) is 0 Å². The van der Waals surface area contributed by atoms with Crippen LogP contribution >= 0.6 is 0 Å². The molecule has 1 saturated heterocycles. The molecule has 45 heavy (non-hydrogen) atoms. The highest BCUT2D eigenvalue weighted by molar-refractivity contribution is 6.15. The van der Waals surface area contributed by atoms with E-state index in [-0.39, 0.29) is 11.7 Å². The Morgan fingerprint density at radius 2 is 1.47 bits per heavy atom. The number of fused-ring (bicyclic) bond motifs is 6. The van der Waals surface area contributed by atoms with Crippen LogP contribution in [0.2, 0.25) is 0 Å². The summed E-state index contributed by atoms with van der Waals surface area (Å²) in [6.07, 6.45) is 4.57. The molecule has 3 aliphatic rings. The summed E-state index contributed by atoms with van der Waals surface area (Å²) in [5, 5.41) is 3.04. The van der Waals surface area contributed by atoms with Crippen LogP contribution in [-0.4, -0.2) is 29.7 Å². The molecule has 220 valence electrons. The van der Waals surface area contributed by atoms with Crippen molar-refractivity contribution in [3.63, 3.8) is 0 Å². The third-order valence-corrected chi connectivity index (χ3v) is 9.27. The topological polar surface area (TPSA) is 88.9 Å². The lowest BCUT2D eigenvalue weighted by atomic mass is 9.66. The lowest BCUT2D eigenvalue weighted by Gasteiger charge is -2.37. The van der Waals surface area contributed by atoms with Crippen molar-refractivity contribution in [2.45, 2.75) is 23.6 Å². The number of nitrogens with zero attached hydrogens (tertiary/aromatic N) is 1. The molecule has 0 saturated carbocycles. The van der Waals surface area contributed by atoms with Gasteiger partial charge in [0.15, 0.2) is 11.9 Å². The average Bonchev–Trinajstić information content (AvgIpc) is 3.81. The van der Waals surface area contributed by atoms with E-state index in [1.807, 2.05) is 126 Å². The molecule has 3 aliphatic heterocycles. The first-order valence-electron chi connectivity index (χ1n) is 14.9. The highest BCUT2D eigenvalue weighted by Crippen LogP contribution is 2.58. The number of benzene rings is 4. The number of hydrogen-bond donors (Lipinski definition) is 1. The van der Waals surface area contributed by atoms with Crippen molar-refractivity contribution in [2.24, 2.45) is 5.92 Å². The third kappa shape index (κ3) is 4.00. The van der Waals surface area contributed by atoms with Crippen LogP contribution in [-0.2, 0) is 19.7 Å². The molecule has 5 aromatic rings. The minimum Gasteiger partial charge on any atom is -0.461 e. The van der Waals surface area contributed by atoms with Gasteiger partial charge in [0.1, 0.15) is 17.4 Å². The van der Waals surface area contributed by atoms with Crippen molar-refractivity contribution >= 4 is 35.1 Å². The van der Waals surface area contributed by atoms with Crippen molar-refractivity contribution in [1.29, 1.82) is 0 Å². The summed E-state index contributed by atoms with van der Waals surface area (Å²) in [5.74, 6) is -2.52. The fourth-order valence-corrected chi connectivity index (χ4v) is 7.42. The second-order valence-electron chi connectivity index (χ2n) is 11.5. The summed E-state index contributed by atoms with van der Waals surface area (Å²) in [4.78, 5) is 46.0. The van der Waals surface area contributed by atoms with Crippen molar-refractivity contribution in [3.8, 4) is 0 Å². The van der Waals surface area contributed by atoms with Gasteiger partial charge in [-0.15, -0.1) is 0 Å². The Hall–Kier alpha value is -5.69. The van der Waals surface area contributed by atoms with Gasteiger partial charge >= 0.3 is 5.97 Å². The average molecular weight is 593 g/mol. The third-order valence-electron chi connectivity index (χ3n) is 9.27. The van der Waals surface area contributed by atoms with Gasteiger partial charge in [-0.3, -0.25) is 14.4 Å². The Bertz CT molecular complexity index is 1910. The van der Waals surface area contributed by atoms with Crippen molar-refractivity contribution in [2.75, 3.05) is 10.2 Å². The predicted molar refractivity (Wildman–Crippen MR) is 170 cm³/mol. The number of esters is 1. The number of Topliss-reactive ketones (excluding diaryl/α,β-unsaturated/α-hetero) is 1. The highest BCUT2D eigenvalue weighted by atomic mass is 16.5. The predicted octanol–water partition coefficient (Wildman–Crippen LogP) is 6.59. The maximum atomic E-state index is 15.0. The molecule has 7 nitrogen and oxygen atoms in total. The number of anilines is 2. The molecule has 0 unspecified atom stereocenters. The zero-order valence-electron chi connectivity index (χ0n) is 24.1. The zero-order chi connectivity index (χ0) is 30.5. The number of amides is 1. The second kappa shape index (κ2) is 10.5. The molecule has 0 aliphatic carbocycles. The minimum absolute atomic E-state index is 0.106. The Morgan fingerprint density at radius 1 is 0.800 bits per heavy atom. The molecule has 4 heterocycles. The van der Waals surface area contributed by atoms with Gasteiger partial charge in [0.05, 0.1) is 12.3 Å². The number of ketones is 1. The molecule has 7 heteroatoms. The number of nitrogens with one attached hydrogen (secondary N) is 1. The van der Waals surface area contributed by atoms with Crippen LogP contribution in [0.15, 0.2) is 138 Å². The summed E-state index contributed by atoms with van der Waals surface area (Å²) in [5.41, 5.74) is 2.98. The first-order chi connectivity index (χ1) is 22.1. The molecule has 0 bridgehead atoms. The Balaban J connectivity index is 1.35. The van der Waals surface area contributed by atoms with Gasteiger partial charge in [-0.25, -0.2) is 0 Å². The smallest absolute Gasteiger partial charge is 0.314 e. The zero-order valence-corrected chi connectivity index (χ0v) is 24.1. The van der Waals surface area contributed by atoms with Crippen LogP contribution in [0.1, 0.15) is 38.9 Å². The van der Waals surface area contributed by atoms with Crippen LogP contribution in [0.5, 0.6) is 0 Å². The van der Waals surface area contributed by atoms with Crippen LogP contribution in [0.3, 0.4) is 0 Å². The van der Waals surface area contributed by atoms with E-state index < -0.39 is 41.3 Å². The fourth-order valence-electron chi connectivity index (χ4n) is 7.42. The molecule has 0 radical (unpaired) electrons. The number of ether oxygens (including phenoxy) is 1. The lowest BCUT2D eigenvalue weighted by Crippen LogP contribution is -2.51. The first-order valence-corrected chi connectivity index (χ1v) is 14.9. The number of hydrogen-bond acceptors (Lipinski definition) is 6. The van der Waals surface area contributed by atoms with Gasteiger partial charge in [0.25, 0.3) is 0 Å². The highest BCUT2D eigenvalue weighted by Gasteiger charge is 2.71. The maximum Gasteiger partial charge on any atom is 0.314 e. The van der Waals surface area contributed by atoms with E-state index in [1.165, 1.54) is 6.26 Å². The van der Waals surface area contributed by atoms with E-state index in [0.29, 0.717) is 11.3 Å². The summed E-state index contributed by atoms with van der Waals surface area (Å²) >= 11 is 0. The monoisotopic (exact) mass is 592 g/mol. The second-order valence-corrected chi connectivity index (χ2v) is 11.5. The molecular weight excluding hydrogens is 564 g/mol. The summed E-state index contributed by atoms with van der Waals surface area (Å²) in [6, 6.07) is 35.5. The van der Waals surface area contributed by atoms with E-state index >= 15 is 4.79 Å². The van der Waals surface area contributed by atoms with E-state index in [0.717, 1.165) is 22.4 Å². The van der Waals surface area contributed by atoms with Gasteiger partial charge in [0.2, 0.25) is 11.7 Å². The Labute approximate surface area is 259 Å². The summed E-state index contributed by atoms with van der Waals surface area (Å²) < 4.78 is 12.1. The molecule has 1 spiro atoms. The molecular formula is C38H28N2O5. The molecule has 1 fully saturated rings. The van der Waals surface area contributed by atoms with Gasteiger partial charge in [-0.05, 0) is 46.5 Å². The normalized spacial score (nSPS) is 22.6. The summed E-state index contributed by atoms with van der Waals surface area (Å²) in [6.45, 7) is 0. The van der Waals surface area contributed by atoms with E-state index in [9.17, 15) is 9.59 Å². The van der Waals surface area contributed by atoms with Crippen LogP contribution in [0, 0.1) is 5.92 Å². The molecule has 1 amide bonds. The Morgan fingerprint density at radius 3 is 2.18 bits per heavy atom. The first kappa shape index (κ1) is 26.9. The van der Waals surface area contributed by atoms with Gasteiger partial charge in [-0.1, -0.05) is 109 Å². The van der Waals surface area contributed by atoms with E-state index in [1.54, 1.807) is 12.1 Å². The molecule has 8 rings (SSSR count). The maximum absolute atomic E-state index is 15.0. The standard InChI is InChI=1S/C38H28N2O5/c41-34(30-20-11-23-44-30)33-32(36(42)45-35(25-13-3-1-4-14-25)26-15-5-2-6-16-26)38(27-17-8-9-18-28(27)39-37(38)43)31-22-21-24-12-7-10-19-29(24)40(31)33/h1-23,31-33,35H,(H,39,43)/t31-,32+,33-,38-/m1/s1. The SMILES string of the molecule is O=C(OC(c1ccccc1)c1ccccc1)[C@@H]1[C@H](C(=O)c2ccco2)N2c3ccccc3C=C[C@@H]2[C@@]12C(=O)Nc1ccccc12. The van der Waals surface area contributed by atoms with Gasteiger partial charge in [0, 0.05) is 11.4 Å². The number of rotatable bonds is 6. The van der Waals surface area contributed by atoms with Gasteiger partial charge < -0.3 is 19.4 Å². The molecule has 1 N–H and O–H groups in total. The van der Waals surface area contributed by atoms with Crippen molar-refractivity contribution in [3.05, 3.63) is 162 Å². The number of carbonyl (C=O) groups is 3. The minimum atomic E-state index is -1.47. The van der Waals surface area contributed by atoms with E-state index in [4.69, 9.17) is 9.15 Å². The number of furan rings is 1. The lowest BCUT2D eigenvalue weighted by molar-refractivity contribution is -0.156. The Kier molecular flexibility index (Phi) is 6.27. The van der Waals surface area contributed by atoms with Crippen LogP contribution < -0.4 is 10.2 Å². The number of carbonyl (C=O) groups excluding carboxylic acids is 3. The summed E-state index contributed by atoms with van der Waals surface area (Å²) in [7, 11) is 0. The van der Waals surface area contributed by atoms with Crippen LogP contribution in [0.4, 0.5) is 11.4 Å². The molecule has 4 aromatic carbocycles. The van der Waals surface area contributed by atoms with Gasteiger partial charge in [-0.2, -0.15) is 0 Å². The molecule has 4 atom stereocenters. The van der Waals surface area contributed by atoms with Crippen molar-refractivity contribution < 1.29 is 23.5 Å². The largest absolute Gasteiger partial charge is 0.461 e. The quantitative estimate of drug-likeness (QED) is 0.177. The number of para-hydroxylation sites is 2.